The number of aliphatic hydroxyl groups is 2. The van der Waals surface area contributed by atoms with Crippen LogP contribution in [0.2, 0.25) is 103 Å². The average Bonchev–Trinajstić information content (AvgIpc) is 0.861. The van der Waals surface area contributed by atoms with Crippen molar-refractivity contribution in [3.8, 4) is 0 Å². The van der Waals surface area contributed by atoms with Gasteiger partial charge in [-0.05, 0) is 242 Å². The molecule has 2 amide bonds. The minimum Gasteiger partial charge on any atom is -0.447 e. The molecule has 0 fully saturated rings. The standard InChI is InChI=1S/C43H72N2O8Si3.C17H42O6Si3.C13H15NO.CH4/c1-34(2)36-20-17-22-38(32-36)42(5,6)44-40(46)50-28-26-48-24-15-16-30-54(9,10)52-56(13,14)53-55(11,12)31-19-25-49-27-29-51-41(47)45-43(7,8)39-23-18-21-37(33-39)35(3)4;1-24(2,16-8-7-12-20-14-10-18)22-26(5,6)23-25(3,4)17-9-13-21-15-11-19;1-10(2)11-6-5-7-12(8-11)13(3,4)14-9-15;/h17-18,20-23,32-33H,1,3,15-16,19,24-31H2,2,4-14H3,(H,44,46)(H,45,47);18-19H,7-17H2,1-6H3;5-8H,1H2,2-4H3;1H4. The highest BCUT2D eigenvalue weighted by Gasteiger charge is 2.41. The number of isocyanates is 1. The van der Waals surface area contributed by atoms with Gasteiger partial charge in [-0.15, -0.1) is 0 Å². The number of amides is 2. The topological polar surface area (TPSA) is 220 Å². The van der Waals surface area contributed by atoms with Crippen molar-refractivity contribution in [3.05, 3.63) is 126 Å². The van der Waals surface area contributed by atoms with E-state index in [1.54, 1.807) is 6.08 Å². The zero-order valence-corrected chi connectivity index (χ0v) is 69.8. The molecule has 3 rings (SSSR count). The Hall–Kier alpha value is -4.30. The predicted molar refractivity (Wildman–Crippen MR) is 420 cm³/mol. The van der Waals surface area contributed by atoms with Crippen LogP contribution < -0.4 is 10.6 Å². The van der Waals surface area contributed by atoms with E-state index in [9.17, 15) is 14.4 Å². The summed E-state index contributed by atoms with van der Waals surface area (Å²) in [6.45, 7) is 60.8. The van der Waals surface area contributed by atoms with Gasteiger partial charge in [0.2, 0.25) is 6.08 Å². The molecule has 558 valence electrons. The quantitative estimate of drug-likeness (QED) is 0.0179. The van der Waals surface area contributed by atoms with Crippen LogP contribution in [0.3, 0.4) is 0 Å². The smallest absolute Gasteiger partial charge is 0.407 e. The molecule has 0 bridgehead atoms. The minimum absolute atomic E-state index is 0. The summed E-state index contributed by atoms with van der Waals surface area (Å²) in [5.41, 5.74) is 7.36. The van der Waals surface area contributed by atoms with E-state index in [4.69, 9.17) is 55.1 Å². The Labute approximate surface area is 599 Å². The van der Waals surface area contributed by atoms with E-state index >= 15 is 0 Å². The highest BCUT2D eigenvalue weighted by molar-refractivity contribution is 6.88. The van der Waals surface area contributed by atoms with Crippen LogP contribution in [0.4, 0.5) is 9.59 Å². The third-order valence-corrected chi connectivity index (χ3v) is 38.6. The van der Waals surface area contributed by atoms with Crippen molar-refractivity contribution >= 4 is 85.4 Å². The molecule has 0 heterocycles. The van der Waals surface area contributed by atoms with Crippen LogP contribution in [0.15, 0.2) is 97.5 Å². The van der Waals surface area contributed by atoms with Crippen molar-refractivity contribution < 1.29 is 69.5 Å². The molecule has 3 aromatic rings. The summed E-state index contributed by atoms with van der Waals surface area (Å²) in [6, 6.07) is 28.0. The fourth-order valence-electron chi connectivity index (χ4n) is 11.0. The molecular formula is C74H133N3O15Si6. The fourth-order valence-corrected chi connectivity index (χ4v) is 39.2. The minimum atomic E-state index is -2.34. The number of hydrogen-bond acceptors (Lipinski definition) is 16. The van der Waals surface area contributed by atoms with Crippen LogP contribution in [0, 0.1) is 0 Å². The van der Waals surface area contributed by atoms with E-state index in [1.807, 2.05) is 135 Å². The van der Waals surface area contributed by atoms with E-state index in [2.05, 4.69) is 114 Å². The van der Waals surface area contributed by atoms with Crippen LogP contribution in [0.5, 0.6) is 0 Å². The third kappa shape index (κ3) is 42.2. The number of alkyl carbamates (subject to hydrolysis) is 2. The Morgan fingerprint density at radius 2 is 0.724 bits per heavy atom. The number of benzene rings is 3. The van der Waals surface area contributed by atoms with Gasteiger partial charge < -0.3 is 65.7 Å². The Morgan fingerprint density at radius 1 is 0.439 bits per heavy atom. The number of carbonyl (C=O) groups excluding carboxylic acids is 3. The van der Waals surface area contributed by atoms with Crippen molar-refractivity contribution in [2.24, 2.45) is 4.99 Å². The molecule has 98 heavy (non-hydrogen) atoms. The number of nitrogens with zero attached hydrogens (tertiary/aromatic N) is 1. The first kappa shape index (κ1) is 93.7. The molecule has 3 aromatic carbocycles. The Kier molecular flexibility index (Phi) is 43.6. The first-order chi connectivity index (χ1) is 44.9. The summed E-state index contributed by atoms with van der Waals surface area (Å²) in [7, 11) is -12.0. The molecule has 0 aliphatic carbocycles. The molecule has 0 aromatic heterocycles. The molecule has 0 unspecified atom stereocenters. The lowest BCUT2D eigenvalue weighted by Gasteiger charge is -2.39. The SMILES string of the molecule is C.C=C(C)c1cccc(C(C)(C)N=C=O)c1.C=C(C)c1cccc(C(C)(C)NC(=O)OCCOCCCC[Si](C)(C)O[Si](C)(C)O[Si](C)(C)CCCOCCOC(=O)NC(C)(C)c2cccc(C(=C)C)c2)c1.C[Si](C)(CCCCOCCO)O[Si](C)(C)O[Si](C)(C)CCCOCCO. The van der Waals surface area contributed by atoms with Crippen molar-refractivity contribution in [1.82, 2.24) is 10.6 Å². The lowest BCUT2D eigenvalue weighted by Crippen LogP contribution is -2.52. The highest BCUT2D eigenvalue weighted by Crippen LogP contribution is 2.31. The van der Waals surface area contributed by atoms with E-state index in [-0.39, 0.29) is 33.9 Å². The summed E-state index contributed by atoms with van der Waals surface area (Å²) in [6.07, 6.45) is 6.54. The summed E-state index contributed by atoms with van der Waals surface area (Å²) < 4.78 is 59.7. The largest absolute Gasteiger partial charge is 0.447 e. The monoisotopic (exact) mass is 1470 g/mol. The van der Waals surface area contributed by atoms with Gasteiger partial charge in [0.15, 0.2) is 33.3 Å². The molecular weight excluding hydrogens is 1340 g/mol. The van der Waals surface area contributed by atoms with Gasteiger partial charge in [0.05, 0.1) is 56.3 Å². The number of carbonyl (C=O) groups is 2. The second-order valence-corrected chi connectivity index (χ2v) is 54.8. The van der Waals surface area contributed by atoms with Crippen molar-refractivity contribution in [2.45, 2.75) is 228 Å². The highest BCUT2D eigenvalue weighted by atomic mass is 28.5. The number of ether oxygens (including phenoxy) is 6. The van der Waals surface area contributed by atoms with E-state index in [0.29, 0.717) is 52.9 Å². The number of unbranched alkanes of at least 4 members (excludes halogenated alkanes) is 2. The molecule has 0 spiro atoms. The fraction of sp³-hybridized carbons (Fsp3) is 0.635. The van der Waals surface area contributed by atoms with Crippen molar-refractivity contribution in [3.63, 3.8) is 0 Å². The maximum Gasteiger partial charge on any atom is 0.407 e. The molecule has 0 saturated carbocycles. The van der Waals surface area contributed by atoms with Gasteiger partial charge in [0.1, 0.15) is 13.2 Å². The van der Waals surface area contributed by atoms with Crippen LogP contribution in [-0.2, 0) is 66.3 Å². The van der Waals surface area contributed by atoms with Gasteiger partial charge in [-0.2, -0.15) is 4.99 Å². The maximum absolute atomic E-state index is 12.5. The molecule has 0 radical (unpaired) electrons. The van der Waals surface area contributed by atoms with Crippen molar-refractivity contribution in [2.75, 3.05) is 79.3 Å². The average molecular weight is 1470 g/mol. The van der Waals surface area contributed by atoms with Gasteiger partial charge in [0, 0.05) is 26.4 Å². The van der Waals surface area contributed by atoms with Gasteiger partial charge >= 0.3 is 29.3 Å². The molecule has 4 N–H and O–H groups in total. The Bertz CT molecular complexity index is 2890. The lowest BCUT2D eigenvalue weighted by molar-refractivity contribution is 0.0681. The second kappa shape index (κ2) is 45.6. The van der Waals surface area contributed by atoms with Gasteiger partial charge in [-0.1, -0.05) is 111 Å². The van der Waals surface area contributed by atoms with Crippen LogP contribution in [-0.4, -0.2) is 158 Å². The number of hydrogen-bond donors (Lipinski definition) is 4. The number of nitrogens with one attached hydrogen (secondary N) is 2. The maximum atomic E-state index is 12.5. The number of rotatable bonds is 45. The van der Waals surface area contributed by atoms with Crippen LogP contribution in [0.1, 0.15) is 142 Å². The molecule has 0 aliphatic heterocycles. The van der Waals surface area contributed by atoms with Gasteiger partial charge in [-0.3, -0.25) is 0 Å². The Balaban J connectivity index is 0.00000183. The Morgan fingerprint density at radius 3 is 1.03 bits per heavy atom. The summed E-state index contributed by atoms with van der Waals surface area (Å²) >= 11 is 0. The van der Waals surface area contributed by atoms with Crippen LogP contribution >= 0.6 is 0 Å². The predicted octanol–water partition coefficient (Wildman–Crippen LogP) is 18.0. The zero-order valence-electron chi connectivity index (χ0n) is 63.8. The number of aliphatic imine (C=N–C) groups is 1. The van der Waals surface area contributed by atoms with E-state index in [1.165, 1.54) is 0 Å². The number of aliphatic hydroxyl groups excluding tert-OH is 2. The summed E-state index contributed by atoms with van der Waals surface area (Å²) in [5, 5.41) is 23.3. The first-order valence-corrected chi connectivity index (χ1v) is 52.7. The zero-order chi connectivity index (χ0) is 73.8. The first-order valence-electron chi connectivity index (χ1n) is 34.6. The third-order valence-electron chi connectivity index (χ3n) is 15.6. The molecule has 0 aliphatic rings. The number of allylic oxidation sites excluding steroid dienone is 3. The molecule has 0 saturated heterocycles. The lowest BCUT2D eigenvalue weighted by atomic mass is 9.92. The van der Waals surface area contributed by atoms with Crippen LogP contribution in [0.25, 0.3) is 16.7 Å². The van der Waals surface area contributed by atoms with Crippen molar-refractivity contribution in [1.29, 1.82) is 0 Å². The van der Waals surface area contributed by atoms with E-state index < -0.39 is 79.2 Å². The molecule has 24 heteroatoms. The molecule has 18 nitrogen and oxygen atoms in total. The summed E-state index contributed by atoms with van der Waals surface area (Å²) in [4.78, 5) is 39.0. The van der Waals surface area contributed by atoms with E-state index in [0.717, 1.165) is 113 Å². The molecule has 0 atom stereocenters. The summed E-state index contributed by atoms with van der Waals surface area (Å²) in [5.74, 6) is 0. The normalized spacial score (nSPS) is 12.4. The van der Waals surface area contributed by atoms with Gasteiger partial charge in [0.25, 0.3) is 0 Å². The van der Waals surface area contributed by atoms with Gasteiger partial charge in [-0.25, -0.2) is 14.4 Å². The second-order valence-electron chi connectivity index (χ2n) is 29.9.